The summed E-state index contributed by atoms with van der Waals surface area (Å²) in [6.07, 6.45) is 5.94. The maximum atomic E-state index is 12.7. The van der Waals surface area contributed by atoms with Crippen molar-refractivity contribution in [3.05, 3.63) is 57.5 Å². The van der Waals surface area contributed by atoms with Crippen LogP contribution in [0.25, 0.3) is 0 Å². The van der Waals surface area contributed by atoms with Gasteiger partial charge in [-0.1, -0.05) is 6.07 Å². The van der Waals surface area contributed by atoms with Crippen LogP contribution in [-0.2, 0) is 24.2 Å². The lowest BCUT2D eigenvalue weighted by atomic mass is 9.91. The van der Waals surface area contributed by atoms with E-state index in [0.717, 1.165) is 61.5 Å². The summed E-state index contributed by atoms with van der Waals surface area (Å²) in [6.45, 7) is 4.26. The average molecular weight is 389 g/mol. The van der Waals surface area contributed by atoms with Crippen LogP contribution in [0.4, 0.5) is 0 Å². The third-order valence-corrected chi connectivity index (χ3v) is 5.54. The van der Waals surface area contributed by atoms with E-state index in [-0.39, 0.29) is 29.8 Å². The van der Waals surface area contributed by atoms with Crippen molar-refractivity contribution in [3.8, 4) is 0 Å². The van der Waals surface area contributed by atoms with Gasteiger partial charge in [0.05, 0.1) is 6.42 Å². The molecule has 144 valence electrons. The third-order valence-electron chi connectivity index (χ3n) is 5.54. The molecule has 2 aromatic heterocycles. The summed E-state index contributed by atoms with van der Waals surface area (Å²) in [4.78, 5) is 35.5. The van der Waals surface area contributed by atoms with E-state index in [2.05, 4.69) is 14.5 Å². The molecule has 1 saturated heterocycles. The van der Waals surface area contributed by atoms with Crippen molar-refractivity contribution in [1.82, 2.24) is 19.4 Å². The first-order valence-corrected chi connectivity index (χ1v) is 9.41. The van der Waals surface area contributed by atoms with Crippen LogP contribution < -0.4 is 5.56 Å². The van der Waals surface area contributed by atoms with Gasteiger partial charge in [0.25, 0.3) is 5.56 Å². The summed E-state index contributed by atoms with van der Waals surface area (Å²) in [6, 6.07) is 5.65. The minimum absolute atomic E-state index is 0. The van der Waals surface area contributed by atoms with E-state index >= 15 is 0 Å². The fourth-order valence-corrected chi connectivity index (χ4v) is 4.27. The Hall–Kier alpha value is -2.21. The first kappa shape index (κ1) is 19.5. The number of halogens is 1. The van der Waals surface area contributed by atoms with Crippen LogP contribution in [0, 0.1) is 6.92 Å². The molecule has 0 aromatic carbocycles. The minimum atomic E-state index is -0.106. The van der Waals surface area contributed by atoms with Crippen LogP contribution in [0.2, 0.25) is 0 Å². The van der Waals surface area contributed by atoms with Crippen molar-refractivity contribution in [2.24, 2.45) is 0 Å². The third kappa shape index (κ3) is 3.90. The molecule has 1 amide bonds. The van der Waals surface area contributed by atoms with E-state index in [1.165, 1.54) is 0 Å². The summed E-state index contributed by atoms with van der Waals surface area (Å²) in [5, 5.41) is 0. The highest BCUT2D eigenvalue weighted by atomic mass is 35.5. The number of hydrogen-bond donors (Lipinski definition) is 0. The molecule has 4 rings (SSSR count). The molecule has 6 nitrogen and oxygen atoms in total. The van der Waals surface area contributed by atoms with Crippen LogP contribution in [-0.4, -0.2) is 38.4 Å². The minimum Gasteiger partial charge on any atom is -0.342 e. The highest BCUT2D eigenvalue weighted by Crippen LogP contribution is 2.30. The Morgan fingerprint density at radius 3 is 2.89 bits per heavy atom. The number of rotatable bonds is 3. The number of aromatic nitrogens is 3. The molecule has 0 spiro atoms. The second-order valence-electron chi connectivity index (χ2n) is 7.28. The topological polar surface area (TPSA) is 68.1 Å². The molecular formula is C20H25ClN4O2. The molecule has 2 aliphatic heterocycles. The van der Waals surface area contributed by atoms with Gasteiger partial charge in [0.1, 0.15) is 5.82 Å². The molecule has 0 saturated carbocycles. The van der Waals surface area contributed by atoms with Crippen LogP contribution >= 0.6 is 12.4 Å². The summed E-state index contributed by atoms with van der Waals surface area (Å²) in [5.74, 6) is 1.24. The number of aryl methyl sites for hydroxylation is 1. The van der Waals surface area contributed by atoms with Gasteiger partial charge in [0.2, 0.25) is 5.91 Å². The zero-order chi connectivity index (χ0) is 18.1. The van der Waals surface area contributed by atoms with E-state index < -0.39 is 0 Å². The van der Waals surface area contributed by atoms with Gasteiger partial charge in [-0.3, -0.25) is 14.6 Å². The maximum absolute atomic E-state index is 12.7. The SMILES string of the molecule is Cc1c(C2CCCN(C(=O)Cc3ccccn3)C2)n2c(nc1=O)CCC2.Cl. The summed E-state index contributed by atoms with van der Waals surface area (Å²) in [5.41, 5.74) is 2.55. The second-order valence-corrected chi connectivity index (χ2v) is 7.28. The van der Waals surface area contributed by atoms with Crippen molar-refractivity contribution in [2.75, 3.05) is 13.1 Å². The lowest BCUT2D eigenvalue weighted by molar-refractivity contribution is -0.131. The molecule has 0 bridgehead atoms. The number of fused-ring (bicyclic) bond motifs is 1. The number of carbonyl (C=O) groups is 1. The molecule has 1 atom stereocenters. The Labute approximate surface area is 165 Å². The zero-order valence-corrected chi connectivity index (χ0v) is 16.4. The normalized spacial score (nSPS) is 18.7. The van der Waals surface area contributed by atoms with Crippen LogP contribution in [0.5, 0.6) is 0 Å². The standard InChI is InChI=1S/C20H24N4O2.ClH/c1-14-19(24-11-5-8-17(24)22-20(14)26)15-6-4-10-23(13-15)18(25)12-16-7-2-3-9-21-16;/h2-3,7,9,15H,4-6,8,10-13H2,1H3;1H. The fourth-order valence-electron chi connectivity index (χ4n) is 4.27. The van der Waals surface area contributed by atoms with Crippen molar-refractivity contribution < 1.29 is 4.79 Å². The van der Waals surface area contributed by atoms with Crippen LogP contribution in [0.3, 0.4) is 0 Å². The first-order chi connectivity index (χ1) is 12.6. The van der Waals surface area contributed by atoms with Crippen LogP contribution in [0.1, 0.15) is 48.0 Å². The number of nitrogens with zero attached hydrogens (tertiary/aromatic N) is 4. The molecule has 1 unspecified atom stereocenters. The van der Waals surface area contributed by atoms with E-state index in [1.807, 2.05) is 30.0 Å². The van der Waals surface area contributed by atoms with Crippen molar-refractivity contribution in [1.29, 1.82) is 0 Å². The van der Waals surface area contributed by atoms with Gasteiger partial charge in [-0.25, -0.2) is 0 Å². The molecule has 0 aliphatic carbocycles. The smallest absolute Gasteiger partial charge is 0.276 e. The number of pyridine rings is 1. The van der Waals surface area contributed by atoms with Gasteiger partial charge in [0.15, 0.2) is 0 Å². The van der Waals surface area contributed by atoms with Gasteiger partial charge in [-0.2, -0.15) is 4.98 Å². The second kappa shape index (κ2) is 8.21. The number of carbonyl (C=O) groups excluding carboxylic acids is 1. The number of likely N-dealkylation sites (tertiary alicyclic amines) is 1. The molecule has 2 aliphatic rings. The Morgan fingerprint density at radius 2 is 2.11 bits per heavy atom. The molecule has 27 heavy (non-hydrogen) atoms. The lowest BCUT2D eigenvalue weighted by Crippen LogP contribution is -2.41. The average Bonchev–Trinajstić information content (AvgIpc) is 3.11. The van der Waals surface area contributed by atoms with E-state index in [9.17, 15) is 9.59 Å². The Kier molecular flexibility index (Phi) is 5.95. The molecule has 0 N–H and O–H groups in total. The van der Waals surface area contributed by atoms with Crippen LogP contribution in [0.15, 0.2) is 29.2 Å². The van der Waals surface area contributed by atoms with Gasteiger partial charge in [0, 0.05) is 55.1 Å². The van der Waals surface area contributed by atoms with E-state index in [4.69, 9.17) is 0 Å². The Balaban J connectivity index is 0.00000210. The number of hydrogen-bond acceptors (Lipinski definition) is 4. The lowest BCUT2D eigenvalue weighted by Gasteiger charge is -2.34. The zero-order valence-electron chi connectivity index (χ0n) is 15.6. The Bertz CT molecular complexity index is 882. The first-order valence-electron chi connectivity index (χ1n) is 9.41. The van der Waals surface area contributed by atoms with E-state index in [0.29, 0.717) is 13.0 Å². The van der Waals surface area contributed by atoms with Gasteiger partial charge >= 0.3 is 0 Å². The molecule has 0 radical (unpaired) electrons. The number of amides is 1. The van der Waals surface area contributed by atoms with E-state index in [1.54, 1.807) is 6.20 Å². The summed E-state index contributed by atoms with van der Waals surface area (Å²) < 4.78 is 2.23. The predicted octanol–water partition coefficient (Wildman–Crippen LogP) is 2.26. The fraction of sp³-hybridized carbons (Fsp3) is 0.500. The molecule has 7 heteroatoms. The highest BCUT2D eigenvalue weighted by Gasteiger charge is 2.30. The molecule has 2 aromatic rings. The predicted molar refractivity (Wildman–Crippen MR) is 105 cm³/mol. The quantitative estimate of drug-likeness (QED) is 0.808. The largest absolute Gasteiger partial charge is 0.342 e. The maximum Gasteiger partial charge on any atom is 0.276 e. The monoisotopic (exact) mass is 388 g/mol. The van der Waals surface area contributed by atoms with Crippen molar-refractivity contribution >= 4 is 18.3 Å². The van der Waals surface area contributed by atoms with Gasteiger partial charge in [-0.15, -0.1) is 12.4 Å². The van der Waals surface area contributed by atoms with Gasteiger partial charge in [-0.05, 0) is 38.3 Å². The highest BCUT2D eigenvalue weighted by molar-refractivity contribution is 5.85. The number of piperidine rings is 1. The van der Waals surface area contributed by atoms with Gasteiger partial charge < -0.3 is 9.47 Å². The summed E-state index contributed by atoms with van der Waals surface area (Å²) in [7, 11) is 0. The molecule has 1 fully saturated rings. The summed E-state index contributed by atoms with van der Waals surface area (Å²) >= 11 is 0. The van der Waals surface area contributed by atoms with Crippen molar-refractivity contribution in [3.63, 3.8) is 0 Å². The molecular weight excluding hydrogens is 364 g/mol. The molecule has 4 heterocycles. The Morgan fingerprint density at radius 1 is 1.26 bits per heavy atom. The van der Waals surface area contributed by atoms with Crippen molar-refractivity contribution in [2.45, 2.75) is 51.5 Å².